The van der Waals surface area contributed by atoms with Crippen molar-refractivity contribution in [3.8, 4) is 6.07 Å². The van der Waals surface area contributed by atoms with E-state index in [9.17, 15) is 9.59 Å². The van der Waals surface area contributed by atoms with E-state index >= 15 is 0 Å². The summed E-state index contributed by atoms with van der Waals surface area (Å²) in [5.74, 6) is -0.179. The van der Waals surface area contributed by atoms with E-state index in [4.69, 9.17) is 15.7 Å². The number of pyridine rings is 1. The van der Waals surface area contributed by atoms with Crippen molar-refractivity contribution in [1.82, 2.24) is 4.98 Å². The molecule has 1 heterocycles. The molecule has 8 nitrogen and oxygen atoms in total. The summed E-state index contributed by atoms with van der Waals surface area (Å²) in [5, 5.41) is 12.0. The molecule has 0 saturated carbocycles. The van der Waals surface area contributed by atoms with Gasteiger partial charge in [0.05, 0.1) is 23.8 Å². The SMILES string of the molecule is CCOC(=O)CSCC(=O)Nc1cc(N)c(C#N)c(SC)n1.O. The molecule has 0 spiro atoms. The first-order valence-corrected chi connectivity index (χ1v) is 8.67. The predicted octanol–water partition coefficient (Wildman–Crippen LogP) is 0.667. The van der Waals surface area contributed by atoms with Gasteiger partial charge in [0.2, 0.25) is 5.91 Å². The van der Waals surface area contributed by atoms with Crippen molar-refractivity contribution in [3.05, 3.63) is 11.6 Å². The van der Waals surface area contributed by atoms with Crippen LogP contribution in [0.3, 0.4) is 0 Å². The third-order valence-corrected chi connectivity index (χ3v) is 3.94. The van der Waals surface area contributed by atoms with Gasteiger partial charge in [0.1, 0.15) is 22.5 Å². The first-order valence-electron chi connectivity index (χ1n) is 6.29. The number of amides is 1. The lowest BCUT2D eigenvalue weighted by atomic mass is 10.2. The molecule has 0 unspecified atom stereocenters. The molecule has 5 N–H and O–H groups in total. The van der Waals surface area contributed by atoms with Crippen LogP contribution in [0, 0.1) is 11.3 Å². The van der Waals surface area contributed by atoms with Gasteiger partial charge in [-0.1, -0.05) is 0 Å². The number of thioether (sulfide) groups is 2. The number of ether oxygens (including phenoxy) is 1. The Balaban J connectivity index is 0.00000484. The molecule has 1 rings (SSSR count). The van der Waals surface area contributed by atoms with Gasteiger partial charge in [0.15, 0.2) is 0 Å². The highest BCUT2D eigenvalue weighted by Crippen LogP contribution is 2.25. The van der Waals surface area contributed by atoms with Crippen molar-refractivity contribution in [1.29, 1.82) is 5.26 Å². The number of carbonyl (C=O) groups excluding carboxylic acids is 2. The summed E-state index contributed by atoms with van der Waals surface area (Å²) in [4.78, 5) is 27.1. The number of nitrogens with one attached hydrogen (secondary N) is 1. The minimum absolute atomic E-state index is 0. The van der Waals surface area contributed by atoms with Crippen LogP contribution in [-0.2, 0) is 14.3 Å². The predicted molar refractivity (Wildman–Crippen MR) is 91.3 cm³/mol. The number of rotatable bonds is 7. The second-order valence-electron chi connectivity index (χ2n) is 3.94. The zero-order valence-corrected chi connectivity index (χ0v) is 14.3. The van der Waals surface area contributed by atoms with E-state index in [-0.39, 0.29) is 40.4 Å². The number of hydrogen-bond donors (Lipinski definition) is 2. The zero-order chi connectivity index (χ0) is 16.5. The molecular formula is C13H18N4O4S2. The maximum atomic E-state index is 11.8. The Morgan fingerprint density at radius 3 is 2.74 bits per heavy atom. The Kier molecular flexibility index (Phi) is 9.80. The number of carbonyl (C=O) groups is 2. The van der Waals surface area contributed by atoms with Crippen molar-refractivity contribution in [2.45, 2.75) is 11.9 Å². The van der Waals surface area contributed by atoms with Crippen LogP contribution in [0.4, 0.5) is 11.5 Å². The Morgan fingerprint density at radius 1 is 1.48 bits per heavy atom. The van der Waals surface area contributed by atoms with Crippen LogP contribution in [0.2, 0.25) is 0 Å². The Labute approximate surface area is 142 Å². The lowest BCUT2D eigenvalue weighted by Crippen LogP contribution is -2.17. The number of nitrogens with zero attached hydrogens (tertiary/aromatic N) is 2. The van der Waals surface area contributed by atoms with E-state index in [1.165, 1.54) is 17.8 Å². The number of nitriles is 1. The lowest BCUT2D eigenvalue weighted by Gasteiger charge is -2.09. The monoisotopic (exact) mass is 358 g/mol. The topological polar surface area (TPSA) is 150 Å². The number of nitrogen functional groups attached to an aromatic ring is 1. The lowest BCUT2D eigenvalue weighted by molar-refractivity contribution is -0.139. The molecule has 1 aromatic heterocycles. The van der Waals surface area contributed by atoms with E-state index in [2.05, 4.69) is 10.3 Å². The summed E-state index contributed by atoms with van der Waals surface area (Å²) in [6.45, 7) is 2.04. The van der Waals surface area contributed by atoms with Gasteiger partial charge in [0.25, 0.3) is 0 Å². The summed E-state index contributed by atoms with van der Waals surface area (Å²) in [6, 6.07) is 3.41. The molecule has 0 aliphatic heterocycles. The van der Waals surface area contributed by atoms with Crippen LogP contribution in [-0.4, -0.2) is 46.7 Å². The van der Waals surface area contributed by atoms with Gasteiger partial charge in [-0.2, -0.15) is 5.26 Å². The minimum Gasteiger partial charge on any atom is -0.465 e. The molecule has 0 aromatic carbocycles. The number of anilines is 2. The molecular weight excluding hydrogens is 340 g/mol. The molecule has 1 amide bonds. The Morgan fingerprint density at radius 2 is 2.17 bits per heavy atom. The summed E-state index contributed by atoms with van der Waals surface area (Å²) in [5.41, 5.74) is 6.32. The van der Waals surface area contributed by atoms with Gasteiger partial charge in [-0.25, -0.2) is 4.98 Å². The summed E-state index contributed by atoms with van der Waals surface area (Å²) >= 11 is 2.42. The first-order chi connectivity index (χ1) is 10.5. The molecule has 0 bridgehead atoms. The Bertz CT molecular complexity index is 604. The average Bonchev–Trinajstić information content (AvgIpc) is 2.46. The third kappa shape index (κ3) is 6.77. The fraction of sp³-hybridized carbons (Fsp3) is 0.385. The molecule has 0 aliphatic rings. The fourth-order valence-electron chi connectivity index (χ4n) is 1.47. The van der Waals surface area contributed by atoms with E-state index in [1.54, 1.807) is 13.2 Å². The van der Waals surface area contributed by atoms with E-state index in [0.717, 1.165) is 11.8 Å². The summed E-state index contributed by atoms with van der Waals surface area (Å²) < 4.78 is 4.76. The largest absolute Gasteiger partial charge is 0.465 e. The number of nitrogens with two attached hydrogens (primary N) is 1. The quantitative estimate of drug-likeness (QED) is 0.533. The number of aromatic nitrogens is 1. The average molecular weight is 358 g/mol. The van der Waals surface area contributed by atoms with Crippen molar-refractivity contribution in [3.63, 3.8) is 0 Å². The maximum Gasteiger partial charge on any atom is 0.315 e. The highest BCUT2D eigenvalue weighted by Gasteiger charge is 2.12. The molecule has 0 radical (unpaired) electrons. The molecule has 0 atom stereocenters. The standard InChI is InChI=1S/C13H16N4O3S2.H2O/c1-3-20-12(19)7-22-6-11(18)16-10-4-9(15)8(5-14)13(17-10)21-2;/h4H,3,6-7H2,1-2H3,(H3,15,16,17,18);1H2. The van der Waals surface area contributed by atoms with Crippen molar-refractivity contribution >= 4 is 46.9 Å². The number of esters is 1. The van der Waals surface area contributed by atoms with Gasteiger partial charge in [-0.3, -0.25) is 9.59 Å². The summed E-state index contributed by atoms with van der Waals surface area (Å²) in [6.07, 6.45) is 1.77. The van der Waals surface area contributed by atoms with Crippen LogP contribution in [0.25, 0.3) is 0 Å². The van der Waals surface area contributed by atoms with E-state index in [1.807, 2.05) is 6.07 Å². The van der Waals surface area contributed by atoms with Crippen molar-refractivity contribution in [2.75, 3.05) is 35.4 Å². The van der Waals surface area contributed by atoms with Crippen LogP contribution in [0.15, 0.2) is 11.1 Å². The smallest absolute Gasteiger partial charge is 0.315 e. The third-order valence-electron chi connectivity index (χ3n) is 2.35. The van der Waals surface area contributed by atoms with Gasteiger partial charge < -0.3 is 21.3 Å². The summed E-state index contributed by atoms with van der Waals surface area (Å²) in [7, 11) is 0. The van der Waals surface area contributed by atoms with Gasteiger partial charge >= 0.3 is 5.97 Å². The highest BCUT2D eigenvalue weighted by molar-refractivity contribution is 8.00. The van der Waals surface area contributed by atoms with Gasteiger partial charge in [-0.05, 0) is 13.2 Å². The van der Waals surface area contributed by atoms with Crippen LogP contribution in [0.5, 0.6) is 0 Å². The van der Waals surface area contributed by atoms with Crippen LogP contribution < -0.4 is 11.1 Å². The second kappa shape index (κ2) is 10.7. The first kappa shape index (κ1) is 21.0. The molecule has 23 heavy (non-hydrogen) atoms. The van der Waals surface area contributed by atoms with Crippen molar-refractivity contribution in [2.24, 2.45) is 0 Å². The zero-order valence-electron chi connectivity index (χ0n) is 12.7. The molecule has 0 aliphatic carbocycles. The maximum absolute atomic E-state index is 11.8. The molecule has 0 fully saturated rings. The second-order valence-corrected chi connectivity index (χ2v) is 5.72. The Hall–Kier alpha value is -1.96. The van der Waals surface area contributed by atoms with E-state index in [0.29, 0.717) is 17.2 Å². The molecule has 10 heteroatoms. The normalized spacial score (nSPS) is 9.43. The van der Waals surface area contributed by atoms with Crippen LogP contribution in [0.1, 0.15) is 12.5 Å². The molecule has 1 aromatic rings. The van der Waals surface area contributed by atoms with Crippen LogP contribution >= 0.6 is 23.5 Å². The molecule has 126 valence electrons. The molecule has 0 saturated heterocycles. The van der Waals surface area contributed by atoms with E-state index < -0.39 is 0 Å². The minimum atomic E-state index is -0.356. The van der Waals surface area contributed by atoms with Crippen molar-refractivity contribution < 1.29 is 19.8 Å². The fourth-order valence-corrected chi connectivity index (χ4v) is 2.64. The number of hydrogen-bond acceptors (Lipinski definition) is 8. The highest BCUT2D eigenvalue weighted by atomic mass is 32.2. The van der Waals surface area contributed by atoms with Gasteiger partial charge in [-0.15, -0.1) is 23.5 Å². The van der Waals surface area contributed by atoms with Gasteiger partial charge in [0, 0.05) is 6.07 Å².